The number of amides is 2. The number of hydrogen-bond acceptors (Lipinski definition) is 5. The first-order valence-electron chi connectivity index (χ1n) is 13.8. The summed E-state index contributed by atoms with van der Waals surface area (Å²) in [7, 11) is 4.45. The first-order chi connectivity index (χ1) is 17.5. The van der Waals surface area contributed by atoms with Crippen LogP contribution in [-0.2, 0) is 5.54 Å². The van der Waals surface area contributed by atoms with Crippen LogP contribution in [0.2, 0.25) is 0 Å². The van der Waals surface area contributed by atoms with Crippen LogP contribution < -0.4 is 4.90 Å². The minimum atomic E-state index is -0.0138. The van der Waals surface area contributed by atoms with E-state index in [4.69, 9.17) is 0 Å². The fraction of sp³-hybridized carbons (Fsp3) is 0.621. The van der Waals surface area contributed by atoms with Crippen molar-refractivity contribution in [3.8, 4) is 0 Å². The summed E-state index contributed by atoms with van der Waals surface area (Å²) in [6.07, 6.45) is 12.6. The molecule has 0 unspecified atom stereocenters. The molecule has 6 rings (SSSR count). The Kier molecular flexibility index (Phi) is 6.14. The van der Waals surface area contributed by atoms with Gasteiger partial charge in [-0.15, -0.1) is 0 Å². The topological polar surface area (TPSA) is 55.8 Å². The highest BCUT2D eigenvalue weighted by Gasteiger charge is 2.56. The molecular weight excluding hydrogens is 448 g/mol. The molecule has 1 aromatic heterocycles. The van der Waals surface area contributed by atoms with Gasteiger partial charge in [-0.05, 0) is 83.0 Å². The summed E-state index contributed by atoms with van der Waals surface area (Å²) in [5.41, 5.74) is 2.59. The fourth-order valence-corrected chi connectivity index (χ4v) is 7.15. The van der Waals surface area contributed by atoms with Crippen LogP contribution in [0.3, 0.4) is 0 Å². The average Bonchev–Trinajstić information content (AvgIpc) is 3.72. The Morgan fingerprint density at radius 3 is 2.28 bits per heavy atom. The molecule has 7 nitrogen and oxygen atoms in total. The van der Waals surface area contributed by atoms with Crippen LogP contribution in [0.25, 0.3) is 0 Å². The smallest absolute Gasteiger partial charge is 0.320 e. The lowest BCUT2D eigenvalue weighted by atomic mass is 9.68. The molecule has 2 aliphatic heterocycles. The number of benzene rings is 1. The van der Waals surface area contributed by atoms with Crippen molar-refractivity contribution < 1.29 is 4.79 Å². The van der Waals surface area contributed by atoms with Crippen LogP contribution in [0.4, 0.5) is 10.5 Å². The van der Waals surface area contributed by atoms with Crippen LogP contribution >= 0.6 is 0 Å². The number of rotatable bonds is 6. The largest absolute Gasteiger partial charge is 0.370 e. The summed E-state index contributed by atoms with van der Waals surface area (Å²) in [6, 6.07) is 13.7. The van der Waals surface area contributed by atoms with E-state index < -0.39 is 0 Å². The van der Waals surface area contributed by atoms with E-state index in [9.17, 15) is 4.79 Å². The van der Waals surface area contributed by atoms with Crippen molar-refractivity contribution in [2.45, 2.75) is 68.5 Å². The standard InChI is InChI=1S/C29H40N6O/c1-32(2)29(24-6-4-3-5-7-24)15-13-28(14-16-29)22-34(27(36)35(28)21-23-8-9-23)25-11-18-33(19-12-25)26-10-17-30-31-20-26/h3-7,10,17,20,23,25H,8-9,11-16,18-19,21-22H2,1-2H3. The zero-order valence-corrected chi connectivity index (χ0v) is 21.9. The first kappa shape index (κ1) is 23.7. The van der Waals surface area contributed by atoms with Crippen molar-refractivity contribution in [1.29, 1.82) is 0 Å². The molecule has 7 heteroatoms. The van der Waals surface area contributed by atoms with Gasteiger partial charge >= 0.3 is 6.03 Å². The normalized spacial score (nSPS) is 29.5. The molecule has 4 aliphatic rings. The monoisotopic (exact) mass is 488 g/mol. The first-order valence-corrected chi connectivity index (χ1v) is 13.8. The van der Waals surface area contributed by atoms with Gasteiger partial charge < -0.3 is 14.7 Å². The van der Waals surface area contributed by atoms with Gasteiger partial charge in [0.1, 0.15) is 0 Å². The molecule has 2 amide bonds. The second-order valence-electron chi connectivity index (χ2n) is 11.8. The lowest BCUT2D eigenvalue weighted by molar-refractivity contribution is 0.0226. The predicted molar refractivity (Wildman–Crippen MR) is 142 cm³/mol. The predicted octanol–water partition coefficient (Wildman–Crippen LogP) is 4.36. The Labute approximate surface area is 215 Å². The summed E-state index contributed by atoms with van der Waals surface area (Å²) in [5.74, 6) is 0.710. The third-order valence-corrected chi connectivity index (χ3v) is 9.67. The number of anilines is 1. The molecule has 2 aliphatic carbocycles. The minimum Gasteiger partial charge on any atom is -0.370 e. The van der Waals surface area contributed by atoms with Crippen molar-refractivity contribution in [3.05, 3.63) is 54.4 Å². The molecule has 192 valence electrons. The van der Waals surface area contributed by atoms with Gasteiger partial charge in [0.15, 0.2) is 0 Å². The van der Waals surface area contributed by atoms with Gasteiger partial charge in [-0.3, -0.25) is 4.90 Å². The molecule has 0 atom stereocenters. The highest BCUT2D eigenvalue weighted by molar-refractivity contribution is 5.79. The summed E-state index contributed by atoms with van der Waals surface area (Å²) in [6.45, 7) is 3.79. The Morgan fingerprint density at radius 1 is 0.944 bits per heavy atom. The van der Waals surface area contributed by atoms with E-state index >= 15 is 0 Å². The molecule has 2 saturated heterocycles. The van der Waals surface area contributed by atoms with Gasteiger partial charge in [0, 0.05) is 37.8 Å². The van der Waals surface area contributed by atoms with Gasteiger partial charge in [0.05, 0.1) is 23.6 Å². The van der Waals surface area contributed by atoms with E-state index in [1.807, 2.05) is 12.3 Å². The van der Waals surface area contributed by atoms with E-state index in [-0.39, 0.29) is 11.1 Å². The molecule has 36 heavy (non-hydrogen) atoms. The van der Waals surface area contributed by atoms with Crippen LogP contribution in [0, 0.1) is 5.92 Å². The van der Waals surface area contributed by atoms with Crippen molar-refractivity contribution >= 4 is 11.7 Å². The highest BCUT2D eigenvalue weighted by Crippen LogP contribution is 2.50. The molecule has 4 fully saturated rings. The lowest BCUT2D eigenvalue weighted by Crippen LogP contribution is -2.55. The Morgan fingerprint density at radius 2 is 1.67 bits per heavy atom. The number of hydrogen-bond donors (Lipinski definition) is 0. The maximum Gasteiger partial charge on any atom is 0.320 e. The average molecular weight is 489 g/mol. The molecule has 2 saturated carbocycles. The number of carbonyl (C=O) groups is 1. The van der Waals surface area contributed by atoms with Gasteiger partial charge in [0.25, 0.3) is 0 Å². The quantitative estimate of drug-likeness (QED) is 0.605. The van der Waals surface area contributed by atoms with Crippen LogP contribution in [0.5, 0.6) is 0 Å². The van der Waals surface area contributed by atoms with Crippen LogP contribution in [-0.4, -0.2) is 82.8 Å². The molecule has 0 N–H and O–H groups in total. The molecule has 2 aromatic rings. The molecule has 3 heterocycles. The maximum absolute atomic E-state index is 14.0. The Bertz CT molecular complexity index is 1040. The summed E-state index contributed by atoms with van der Waals surface area (Å²) >= 11 is 0. The second kappa shape index (κ2) is 9.33. The summed E-state index contributed by atoms with van der Waals surface area (Å²) < 4.78 is 0. The van der Waals surface area contributed by atoms with E-state index in [1.165, 1.54) is 18.4 Å². The molecule has 1 aromatic carbocycles. The molecule has 1 spiro atoms. The van der Waals surface area contributed by atoms with E-state index in [0.717, 1.165) is 70.4 Å². The lowest BCUT2D eigenvalue weighted by Gasteiger charge is -2.51. The highest BCUT2D eigenvalue weighted by atomic mass is 16.2. The number of urea groups is 1. The fourth-order valence-electron chi connectivity index (χ4n) is 7.15. The van der Waals surface area contributed by atoms with E-state index in [1.54, 1.807) is 6.20 Å². The van der Waals surface area contributed by atoms with Crippen LogP contribution in [0.1, 0.15) is 56.9 Å². The maximum atomic E-state index is 14.0. The third-order valence-electron chi connectivity index (χ3n) is 9.67. The molecule has 0 bridgehead atoms. The zero-order valence-electron chi connectivity index (χ0n) is 21.9. The van der Waals surface area contributed by atoms with Crippen molar-refractivity contribution in [2.75, 3.05) is 45.2 Å². The van der Waals surface area contributed by atoms with Crippen molar-refractivity contribution in [1.82, 2.24) is 24.9 Å². The SMILES string of the molecule is CN(C)C1(c2ccccc2)CCC2(CC1)CN(C1CCN(c3ccnnc3)CC1)C(=O)N2CC1CC1. The van der Waals surface area contributed by atoms with Gasteiger partial charge in [-0.2, -0.15) is 10.2 Å². The summed E-state index contributed by atoms with van der Waals surface area (Å²) in [4.78, 5) is 23.4. The number of nitrogens with zero attached hydrogens (tertiary/aromatic N) is 6. The van der Waals surface area contributed by atoms with Gasteiger partial charge in [0.2, 0.25) is 0 Å². The second-order valence-corrected chi connectivity index (χ2v) is 11.8. The number of aromatic nitrogens is 2. The number of carbonyl (C=O) groups excluding carboxylic acids is 1. The van der Waals surface area contributed by atoms with Crippen LogP contribution in [0.15, 0.2) is 48.8 Å². The van der Waals surface area contributed by atoms with E-state index in [2.05, 4.69) is 74.2 Å². The minimum absolute atomic E-state index is 0.0138. The molecular formula is C29H40N6O. The molecule has 0 radical (unpaired) electrons. The Hall–Kier alpha value is -2.67. The zero-order chi connectivity index (χ0) is 24.8. The number of piperidine rings is 1. The third kappa shape index (κ3) is 4.15. The van der Waals surface area contributed by atoms with Crippen molar-refractivity contribution in [3.63, 3.8) is 0 Å². The van der Waals surface area contributed by atoms with Gasteiger partial charge in [-0.1, -0.05) is 30.3 Å². The summed E-state index contributed by atoms with van der Waals surface area (Å²) in [5, 5.41) is 7.96. The van der Waals surface area contributed by atoms with Gasteiger partial charge in [-0.25, -0.2) is 4.79 Å². The van der Waals surface area contributed by atoms with Crippen molar-refractivity contribution in [2.24, 2.45) is 5.92 Å². The van der Waals surface area contributed by atoms with E-state index in [0.29, 0.717) is 18.0 Å². The Balaban J connectivity index is 1.20.